The van der Waals surface area contributed by atoms with Crippen LogP contribution in [-0.2, 0) is 14.3 Å². The van der Waals surface area contributed by atoms with Crippen molar-refractivity contribution in [1.82, 2.24) is 10.2 Å². The number of rotatable bonds is 6. The summed E-state index contributed by atoms with van der Waals surface area (Å²) in [6.45, 7) is 5.91. The molecule has 1 aromatic carbocycles. The Morgan fingerprint density at radius 1 is 1.34 bits per heavy atom. The number of ether oxygens (including phenoxy) is 2. The maximum Gasteiger partial charge on any atom is 0.407 e. The van der Waals surface area contributed by atoms with Gasteiger partial charge in [-0.15, -0.1) is 0 Å². The number of nitrogens with zero attached hydrogens (tertiary/aromatic N) is 1. The van der Waals surface area contributed by atoms with Crippen LogP contribution in [0, 0.1) is 11.3 Å². The summed E-state index contributed by atoms with van der Waals surface area (Å²) < 4.78 is 11.3. The minimum absolute atomic E-state index is 0.141. The topological polar surface area (TPSA) is 105 Å². The Labute approximate surface area is 178 Å². The van der Waals surface area contributed by atoms with Crippen molar-refractivity contribution in [3.63, 3.8) is 0 Å². The van der Waals surface area contributed by atoms with E-state index in [1.165, 1.54) is 12.0 Å². The van der Waals surface area contributed by atoms with Crippen molar-refractivity contribution in [2.24, 2.45) is 11.3 Å². The zero-order valence-corrected chi connectivity index (χ0v) is 18.6. The van der Waals surface area contributed by atoms with Gasteiger partial charge in [-0.25, -0.2) is 9.59 Å². The van der Waals surface area contributed by atoms with Gasteiger partial charge in [0.05, 0.1) is 13.7 Å². The van der Waals surface area contributed by atoms with E-state index in [9.17, 15) is 19.5 Å². The van der Waals surface area contributed by atoms with E-state index in [4.69, 9.17) is 4.74 Å². The first-order valence-corrected chi connectivity index (χ1v) is 10.1. The molecule has 0 aromatic heterocycles. The van der Waals surface area contributed by atoms with Gasteiger partial charge in [-0.1, -0.05) is 42.8 Å². The van der Waals surface area contributed by atoms with E-state index < -0.39 is 35.5 Å². The third-order valence-electron chi connectivity index (χ3n) is 4.80. The van der Waals surface area contributed by atoms with Gasteiger partial charge in [0.2, 0.25) is 5.91 Å². The van der Waals surface area contributed by atoms with Gasteiger partial charge in [0.25, 0.3) is 0 Å². The lowest BCUT2D eigenvalue weighted by molar-refractivity contribution is -0.150. The van der Waals surface area contributed by atoms with Gasteiger partial charge in [-0.2, -0.15) is 0 Å². The molecule has 2 N–H and O–H groups in total. The highest BCUT2D eigenvalue weighted by Gasteiger charge is 2.45. The number of carboxylic acid groups (broad SMARTS) is 1. The molecule has 1 aromatic rings. The average Bonchev–Trinajstić information content (AvgIpc) is 3.07. The van der Waals surface area contributed by atoms with Crippen LogP contribution in [0.2, 0.25) is 0 Å². The largest absolute Gasteiger partial charge is 0.493 e. The minimum Gasteiger partial charge on any atom is -0.493 e. The van der Waals surface area contributed by atoms with Gasteiger partial charge >= 0.3 is 12.1 Å². The molecule has 1 aliphatic heterocycles. The zero-order chi connectivity index (χ0) is 21.8. The number of benzene rings is 1. The molecule has 0 spiro atoms. The Hall–Kier alpha value is -2.29. The van der Waals surface area contributed by atoms with Crippen molar-refractivity contribution in [2.75, 3.05) is 20.3 Å². The molecule has 0 saturated carbocycles. The van der Waals surface area contributed by atoms with Gasteiger partial charge < -0.3 is 24.8 Å². The summed E-state index contributed by atoms with van der Waals surface area (Å²) in [6.07, 6.45) is -0.455. The number of methoxy groups -OCH3 is 1. The average molecular weight is 471 g/mol. The first kappa shape index (κ1) is 23.0. The third kappa shape index (κ3) is 6.09. The summed E-state index contributed by atoms with van der Waals surface area (Å²) in [6, 6.07) is 5.47. The number of hydrogen-bond acceptors (Lipinski definition) is 5. The maximum atomic E-state index is 13.2. The minimum atomic E-state index is -1.07. The molecule has 1 fully saturated rings. The predicted octanol–water partition coefficient (Wildman–Crippen LogP) is 2.90. The highest BCUT2D eigenvalue weighted by Crippen LogP contribution is 2.29. The van der Waals surface area contributed by atoms with E-state index in [0.717, 1.165) is 4.47 Å². The highest BCUT2D eigenvalue weighted by atomic mass is 79.9. The SMILES string of the molecule is COC(=O)NC(C(=O)N1CC(COc2cccc(Br)c2)CC1C(=O)O)C(C)(C)C. The molecule has 1 aliphatic rings. The second kappa shape index (κ2) is 9.47. The molecule has 8 nitrogen and oxygen atoms in total. The molecule has 0 bridgehead atoms. The van der Waals surface area contributed by atoms with Crippen molar-refractivity contribution in [3.05, 3.63) is 28.7 Å². The van der Waals surface area contributed by atoms with Crippen LogP contribution in [0.25, 0.3) is 0 Å². The lowest BCUT2D eigenvalue weighted by Gasteiger charge is -2.34. The quantitative estimate of drug-likeness (QED) is 0.661. The number of alkyl carbamates (subject to hydrolysis) is 1. The summed E-state index contributed by atoms with van der Waals surface area (Å²) >= 11 is 3.38. The highest BCUT2D eigenvalue weighted by molar-refractivity contribution is 9.10. The molecule has 9 heteroatoms. The number of nitrogens with one attached hydrogen (secondary N) is 1. The van der Waals surface area contributed by atoms with Crippen molar-refractivity contribution in [1.29, 1.82) is 0 Å². The first-order valence-electron chi connectivity index (χ1n) is 9.29. The normalized spacial score (nSPS) is 20.1. The molecular formula is C20H27BrN2O6. The van der Waals surface area contributed by atoms with Gasteiger partial charge in [0.15, 0.2) is 0 Å². The number of carbonyl (C=O) groups is 3. The molecule has 29 heavy (non-hydrogen) atoms. The molecule has 1 saturated heterocycles. The third-order valence-corrected chi connectivity index (χ3v) is 5.29. The number of hydrogen-bond donors (Lipinski definition) is 2. The standard InChI is InChI=1S/C20H27BrN2O6/c1-20(2,3)16(22-19(27)28-4)17(24)23-10-12(8-15(23)18(25)26)11-29-14-7-5-6-13(21)9-14/h5-7,9,12,15-16H,8,10-11H2,1-4H3,(H,22,27)(H,25,26). The van der Waals surface area contributed by atoms with E-state index in [1.54, 1.807) is 20.8 Å². The first-order chi connectivity index (χ1) is 13.5. The van der Waals surface area contributed by atoms with E-state index >= 15 is 0 Å². The van der Waals surface area contributed by atoms with Crippen LogP contribution in [0.3, 0.4) is 0 Å². The van der Waals surface area contributed by atoms with E-state index in [-0.39, 0.29) is 25.5 Å². The Morgan fingerprint density at radius 3 is 2.59 bits per heavy atom. The van der Waals surface area contributed by atoms with Crippen LogP contribution in [0.4, 0.5) is 4.79 Å². The number of halogens is 1. The summed E-state index contributed by atoms with van der Waals surface area (Å²) in [7, 11) is 1.21. The van der Waals surface area contributed by atoms with E-state index in [2.05, 4.69) is 26.0 Å². The predicted molar refractivity (Wildman–Crippen MR) is 110 cm³/mol. The van der Waals surface area contributed by atoms with Crippen LogP contribution in [-0.4, -0.2) is 60.3 Å². The Kier molecular flexibility index (Phi) is 7.51. The fourth-order valence-corrected chi connectivity index (χ4v) is 3.66. The summed E-state index contributed by atoms with van der Waals surface area (Å²) in [5.41, 5.74) is -0.626. The fourth-order valence-electron chi connectivity index (χ4n) is 3.28. The smallest absolute Gasteiger partial charge is 0.407 e. The fraction of sp³-hybridized carbons (Fsp3) is 0.550. The van der Waals surface area contributed by atoms with Gasteiger partial charge in [0.1, 0.15) is 17.8 Å². The summed E-state index contributed by atoms with van der Waals surface area (Å²) in [5, 5.41) is 12.2. The number of amides is 2. The molecule has 160 valence electrons. The van der Waals surface area contributed by atoms with E-state index in [0.29, 0.717) is 5.75 Å². The Bertz CT molecular complexity index is 764. The maximum absolute atomic E-state index is 13.2. The number of aliphatic carboxylic acids is 1. The van der Waals surface area contributed by atoms with Crippen LogP contribution >= 0.6 is 15.9 Å². The van der Waals surface area contributed by atoms with E-state index in [1.807, 2.05) is 24.3 Å². The molecule has 0 radical (unpaired) electrons. The molecule has 0 aliphatic carbocycles. The van der Waals surface area contributed by atoms with Crippen LogP contribution in [0.15, 0.2) is 28.7 Å². The van der Waals surface area contributed by atoms with Crippen LogP contribution in [0.5, 0.6) is 5.75 Å². The molecule has 2 amide bonds. The van der Waals surface area contributed by atoms with Crippen molar-refractivity contribution < 1.29 is 29.0 Å². The number of carboxylic acids is 1. The van der Waals surface area contributed by atoms with Crippen molar-refractivity contribution in [2.45, 2.75) is 39.3 Å². The lowest BCUT2D eigenvalue weighted by atomic mass is 9.85. The number of likely N-dealkylation sites (tertiary alicyclic amines) is 1. The zero-order valence-electron chi connectivity index (χ0n) is 17.0. The van der Waals surface area contributed by atoms with Crippen molar-refractivity contribution >= 4 is 33.9 Å². The second-order valence-corrected chi connectivity index (χ2v) is 9.07. The lowest BCUT2D eigenvalue weighted by Crippen LogP contribution is -2.56. The summed E-state index contributed by atoms with van der Waals surface area (Å²) in [5.74, 6) is -0.997. The molecular weight excluding hydrogens is 444 g/mol. The monoisotopic (exact) mass is 470 g/mol. The Morgan fingerprint density at radius 2 is 2.03 bits per heavy atom. The van der Waals surface area contributed by atoms with Crippen molar-refractivity contribution in [3.8, 4) is 5.75 Å². The Balaban J connectivity index is 2.13. The van der Waals surface area contributed by atoms with Gasteiger partial charge in [-0.3, -0.25) is 4.79 Å². The molecule has 2 rings (SSSR count). The van der Waals surface area contributed by atoms with Crippen LogP contribution in [0.1, 0.15) is 27.2 Å². The summed E-state index contributed by atoms with van der Waals surface area (Å²) in [4.78, 5) is 38.0. The molecule has 3 unspecified atom stereocenters. The van der Waals surface area contributed by atoms with Gasteiger partial charge in [-0.05, 0) is 30.0 Å². The van der Waals surface area contributed by atoms with Gasteiger partial charge in [0, 0.05) is 16.9 Å². The molecule has 1 heterocycles. The second-order valence-electron chi connectivity index (χ2n) is 8.15. The number of carbonyl (C=O) groups excluding carboxylic acids is 2. The molecule has 3 atom stereocenters. The van der Waals surface area contributed by atoms with Crippen LogP contribution < -0.4 is 10.1 Å².